The van der Waals surface area contributed by atoms with Gasteiger partial charge in [-0.1, -0.05) is 25.4 Å². The molecule has 1 rings (SSSR count). The molecule has 0 unspecified atom stereocenters. The van der Waals surface area contributed by atoms with Crippen LogP contribution >= 0.6 is 11.6 Å². The molecule has 0 radical (unpaired) electrons. The van der Waals surface area contributed by atoms with Gasteiger partial charge in [-0.2, -0.15) is 0 Å². The third-order valence-corrected chi connectivity index (χ3v) is 2.22. The minimum absolute atomic E-state index is 0.233. The summed E-state index contributed by atoms with van der Waals surface area (Å²) in [7, 11) is 1.52. The summed E-state index contributed by atoms with van der Waals surface area (Å²) >= 11 is 5.91. The summed E-state index contributed by atoms with van der Waals surface area (Å²) in [6.07, 6.45) is 0. The minimum atomic E-state index is 0.233. The van der Waals surface area contributed by atoms with E-state index in [0.717, 1.165) is 5.56 Å². The summed E-state index contributed by atoms with van der Waals surface area (Å²) in [5.41, 5.74) is 0.839. The predicted octanol–water partition coefficient (Wildman–Crippen LogP) is 3.18. The Bertz CT molecular complexity index is 308. The summed E-state index contributed by atoms with van der Waals surface area (Å²) in [6, 6.07) is 3.28. The highest BCUT2D eigenvalue weighted by molar-refractivity contribution is 6.32. The maximum Gasteiger partial charge on any atom is 0.141 e. The lowest BCUT2D eigenvalue weighted by Gasteiger charge is -2.11. The molecule has 13 heavy (non-hydrogen) atoms. The van der Waals surface area contributed by atoms with E-state index >= 15 is 0 Å². The molecule has 0 saturated heterocycles. The zero-order chi connectivity index (χ0) is 10.0. The molecule has 0 aliphatic rings. The van der Waals surface area contributed by atoms with Gasteiger partial charge in [-0.25, -0.2) is 0 Å². The van der Waals surface area contributed by atoms with Crippen molar-refractivity contribution in [1.82, 2.24) is 0 Å². The smallest absolute Gasteiger partial charge is 0.141 e. The molecule has 1 aromatic carbocycles. The molecular formula is C10H13ClO2. The van der Waals surface area contributed by atoms with Crippen molar-refractivity contribution in [3.05, 3.63) is 22.7 Å². The first kappa shape index (κ1) is 10.2. The lowest BCUT2D eigenvalue weighted by atomic mass is 10.0. The van der Waals surface area contributed by atoms with E-state index in [-0.39, 0.29) is 11.7 Å². The second-order valence-corrected chi connectivity index (χ2v) is 3.61. The Labute approximate surface area is 83.1 Å². The van der Waals surface area contributed by atoms with Gasteiger partial charge < -0.3 is 9.84 Å². The Morgan fingerprint density at radius 1 is 1.38 bits per heavy atom. The molecule has 1 aromatic rings. The molecule has 0 saturated carbocycles. The van der Waals surface area contributed by atoms with E-state index in [9.17, 15) is 5.11 Å². The molecule has 0 atom stereocenters. The van der Waals surface area contributed by atoms with E-state index in [1.807, 2.05) is 13.8 Å². The quantitative estimate of drug-likeness (QED) is 0.795. The number of benzene rings is 1. The van der Waals surface area contributed by atoms with Crippen molar-refractivity contribution in [2.75, 3.05) is 7.11 Å². The molecule has 0 aliphatic carbocycles. The summed E-state index contributed by atoms with van der Waals surface area (Å²) < 4.78 is 4.97. The average Bonchev–Trinajstić information content (AvgIpc) is 2.07. The van der Waals surface area contributed by atoms with Gasteiger partial charge in [0.1, 0.15) is 11.5 Å². The van der Waals surface area contributed by atoms with Crippen LogP contribution in [-0.4, -0.2) is 12.2 Å². The highest BCUT2D eigenvalue weighted by atomic mass is 35.5. The fraction of sp³-hybridized carbons (Fsp3) is 0.400. The lowest BCUT2D eigenvalue weighted by molar-refractivity contribution is 0.406. The van der Waals surface area contributed by atoms with Gasteiger partial charge >= 0.3 is 0 Å². The third-order valence-electron chi connectivity index (χ3n) is 1.92. The van der Waals surface area contributed by atoms with Crippen LogP contribution in [-0.2, 0) is 0 Å². The Hall–Kier alpha value is -0.890. The number of halogens is 1. The van der Waals surface area contributed by atoms with Crippen molar-refractivity contribution >= 4 is 11.6 Å². The number of hydrogen-bond donors (Lipinski definition) is 1. The summed E-state index contributed by atoms with van der Waals surface area (Å²) in [5, 5.41) is 10.1. The van der Waals surface area contributed by atoms with Gasteiger partial charge in [0.05, 0.1) is 12.1 Å². The number of phenolic OH excluding ortho intramolecular Hbond substituents is 1. The number of aromatic hydroxyl groups is 1. The molecule has 0 bridgehead atoms. The Kier molecular flexibility index (Phi) is 3.04. The normalized spacial score (nSPS) is 10.5. The summed E-state index contributed by atoms with van der Waals surface area (Å²) in [4.78, 5) is 0. The molecule has 2 nitrogen and oxygen atoms in total. The van der Waals surface area contributed by atoms with Crippen LogP contribution in [0.1, 0.15) is 25.3 Å². The van der Waals surface area contributed by atoms with E-state index in [1.54, 1.807) is 6.07 Å². The Morgan fingerprint density at radius 3 is 2.46 bits per heavy atom. The number of phenols is 1. The van der Waals surface area contributed by atoms with Crippen molar-refractivity contribution in [3.63, 3.8) is 0 Å². The maximum absolute atomic E-state index is 9.58. The molecule has 0 aliphatic heterocycles. The molecular weight excluding hydrogens is 188 g/mol. The van der Waals surface area contributed by atoms with Crippen LogP contribution in [0.3, 0.4) is 0 Å². The number of methoxy groups -OCH3 is 1. The number of rotatable bonds is 2. The lowest BCUT2D eigenvalue weighted by Crippen LogP contribution is -1.91. The standard InChI is InChI=1S/C10H13ClO2/c1-6(2)7-4-8(11)10(13-3)5-9(7)12/h4-6,12H,1-3H3. The second-order valence-electron chi connectivity index (χ2n) is 3.20. The fourth-order valence-corrected chi connectivity index (χ4v) is 1.43. The van der Waals surface area contributed by atoms with Gasteiger partial charge in [-0.05, 0) is 17.5 Å². The van der Waals surface area contributed by atoms with E-state index in [1.165, 1.54) is 13.2 Å². The van der Waals surface area contributed by atoms with E-state index in [0.29, 0.717) is 10.8 Å². The zero-order valence-corrected chi connectivity index (χ0v) is 8.72. The second kappa shape index (κ2) is 3.88. The minimum Gasteiger partial charge on any atom is -0.508 e. The van der Waals surface area contributed by atoms with Gasteiger partial charge in [0.25, 0.3) is 0 Å². The van der Waals surface area contributed by atoms with Crippen molar-refractivity contribution in [2.24, 2.45) is 0 Å². The highest BCUT2D eigenvalue weighted by Crippen LogP contribution is 2.35. The van der Waals surface area contributed by atoms with Gasteiger partial charge in [-0.3, -0.25) is 0 Å². The molecule has 0 fully saturated rings. The van der Waals surface area contributed by atoms with Crippen molar-refractivity contribution in [1.29, 1.82) is 0 Å². The van der Waals surface area contributed by atoms with Crippen LogP contribution < -0.4 is 4.74 Å². The molecule has 0 amide bonds. The van der Waals surface area contributed by atoms with Crippen LogP contribution in [0.25, 0.3) is 0 Å². The summed E-state index contributed by atoms with van der Waals surface area (Å²) in [6.45, 7) is 4.00. The zero-order valence-electron chi connectivity index (χ0n) is 7.97. The van der Waals surface area contributed by atoms with Gasteiger partial charge in [-0.15, -0.1) is 0 Å². The first-order chi connectivity index (χ1) is 6.06. The van der Waals surface area contributed by atoms with E-state index in [2.05, 4.69) is 0 Å². The Morgan fingerprint density at radius 2 is 2.00 bits per heavy atom. The Balaban J connectivity index is 3.20. The monoisotopic (exact) mass is 200 g/mol. The molecule has 0 heterocycles. The number of hydrogen-bond acceptors (Lipinski definition) is 2. The summed E-state index contributed by atoms with van der Waals surface area (Å²) in [5.74, 6) is 0.989. The first-order valence-corrected chi connectivity index (χ1v) is 4.50. The van der Waals surface area contributed by atoms with Crippen LogP contribution in [0.15, 0.2) is 12.1 Å². The maximum atomic E-state index is 9.58. The third kappa shape index (κ3) is 2.07. The molecule has 0 spiro atoms. The van der Waals surface area contributed by atoms with Gasteiger partial charge in [0.15, 0.2) is 0 Å². The van der Waals surface area contributed by atoms with E-state index in [4.69, 9.17) is 16.3 Å². The SMILES string of the molecule is COc1cc(O)c(C(C)C)cc1Cl. The average molecular weight is 201 g/mol. The van der Waals surface area contributed by atoms with Crippen LogP contribution in [0.2, 0.25) is 5.02 Å². The van der Waals surface area contributed by atoms with Crippen LogP contribution in [0, 0.1) is 0 Å². The fourth-order valence-electron chi connectivity index (χ4n) is 1.18. The topological polar surface area (TPSA) is 29.5 Å². The van der Waals surface area contributed by atoms with Crippen molar-refractivity contribution in [3.8, 4) is 11.5 Å². The van der Waals surface area contributed by atoms with Crippen molar-refractivity contribution in [2.45, 2.75) is 19.8 Å². The van der Waals surface area contributed by atoms with Crippen LogP contribution in [0.4, 0.5) is 0 Å². The van der Waals surface area contributed by atoms with Gasteiger partial charge in [0, 0.05) is 6.07 Å². The molecule has 0 aromatic heterocycles. The first-order valence-electron chi connectivity index (χ1n) is 4.12. The molecule has 3 heteroatoms. The van der Waals surface area contributed by atoms with E-state index < -0.39 is 0 Å². The molecule has 72 valence electrons. The largest absolute Gasteiger partial charge is 0.508 e. The molecule has 1 N–H and O–H groups in total. The predicted molar refractivity (Wildman–Crippen MR) is 53.8 cm³/mol. The van der Waals surface area contributed by atoms with Crippen molar-refractivity contribution < 1.29 is 9.84 Å². The van der Waals surface area contributed by atoms with Crippen LogP contribution in [0.5, 0.6) is 11.5 Å². The number of ether oxygens (including phenoxy) is 1. The highest BCUT2D eigenvalue weighted by Gasteiger charge is 2.10. The van der Waals surface area contributed by atoms with Gasteiger partial charge in [0.2, 0.25) is 0 Å².